The molecular formula is C24H32O5. The molecule has 5 heteroatoms. The molecule has 5 nitrogen and oxygen atoms in total. The molecule has 4 aliphatic heterocycles. The predicted octanol–water partition coefficient (Wildman–Crippen LogP) is 4.79. The third-order valence-electron chi connectivity index (χ3n) is 7.86. The van der Waals surface area contributed by atoms with Crippen LogP contribution in [0.3, 0.4) is 0 Å². The minimum absolute atomic E-state index is 0.106. The monoisotopic (exact) mass is 400 g/mol. The van der Waals surface area contributed by atoms with Gasteiger partial charge in [0.2, 0.25) is 12.1 Å². The summed E-state index contributed by atoms with van der Waals surface area (Å²) in [4.78, 5) is 25.0. The highest BCUT2D eigenvalue weighted by molar-refractivity contribution is 5.74. The molecular weight excluding hydrogens is 368 g/mol. The topological polar surface area (TPSA) is 54.0 Å². The SMILES string of the molecule is C[C@@H]1CC[C@H]2[C@@H](CCCCc3ccccc3)C(=O)O[C@@H]3O[C@]4(C)CC[C@@H]1[C@]32OO4. The minimum Gasteiger partial charge on any atom is -0.432 e. The molecule has 4 saturated heterocycles. The van der Waals surface area contributed by atoms with Crippen molar-refractivity contribution in [1.82, 2.24) is 0 Å². The summed E-state index contributed by atoms with van der Waals surface area (Å²) in [6, 6.07) is 10.5. The molecule has 1 aromatic carbocycles. The first-order valence-corrected chi connectivity index (χ1v) is 11.3. The first-order valence-electron chi connectivity index (χ1n) is 11.3. The summed E-state index contributed by atoms with van der Waals surface area (Å²) in [5.41, 5.74) is 0.704. The summed E-state index contributed by atoms with van der Waals surface area (Å²) in [7, 11) is 0. The van der Waals surface area contributed by atoms with E-state index in [4.69, 9.17) is 19.2 Å². The maximum absolute atomic E-state index is 13.0. The zero-order valence-electron chi connectivity index (χ0n) is 17.5. The fourth-order valence-electron chi connectivity index (χ4n) is 6.27. The van der Waals surface area contributed by atoms with E-state index in [1.807, 2.05) is 13.0 Å². The van der Waals surface area contributed by atoms with Gasteiger partial charge < -0.3 is 9.47 Å². The Kier molecular flexibility index (Phi) is 4.96. The Morgan fingerprint density at radius 3 is 2.69 bits per heavy atom. The Balaban J connectivity index is 1.33. The Bertz CT molecular complexity index is 751. The number of aryl methyl sites for hydroxylation is 1. The van der Waals surface area contributed by atoms with E-state index < -0.39 is 17.7 Å². The molecule has 5 aliphatic rings. The molecule has 158 valence electrons. The first kappa shape index (κ1) is 19.5. The van der Waals surface area contributed by atoms with E-state index in [-0.39, 0.29) is 17.8 Å². The van der Waals surface area contributed by atoms with Crippen LogP contribution in [0.25, 0.3) is 0 Å². The van der Waals surface area contributed by atoms with E-state index in [0.29, 0.717) is 11.8 Å². The molecule has 7 atom stereocenters. The quantitative estimate of drug-likeness (QED) is 0.404. The lowest BCUT2D eigenvalue weighted by molar-refractivity contribution is -0.559. The van der Waals surface area contributed by atoms with E-state index in [2.05, 4.69) is 31.2 Å². The van der Waals surface area contributed by atoms with Gasteiger partial charge in [-0.25, -0.2) is 9.78 Å². The van der Waals surface area contributed by atoms with E-state index in [0.717, 1.165) is 51.4 Å². The molecule has 1 aliphatic carbocycles. The van der Waals surface area contributed by atoms with Crippen LogP contribution in [0.4, 0.5) is 0 Å². The molecule has 6 rings (SSSR count). The molecule has 2 bridgehead atoms. The Morgan fingerprint density at radius 2 is 1.86 bits per heavy atom. The van der Waals surface area contributed by atoms with Gasteiger partial charge in [0, 0.05) is 18.3 Å². The molecule has 29 heavy (non-hydrogen) atoms. The van der Waals surface area contributed by atoms with Gasteiger partial charge in [-0.05, 0) is 56.9 Å². The smallest absolute Gasteiger partial charge is 0.311 e. The highest BCUT2D eigenvalue weighted by Crippen LogP contribution is 2.60. The van der Waals surface area contributed by atoms with Crippen LogP contribution in [0.2, 0.25) is 0 Å². The number of esters is 1. The molecule has 0 N–H and O–H groups in total. The van der Waals surface area contributed by atoms with Crippen molar-refractivity contribution in [3.05, 3.63) is 35.9 Å². The predicted molar refractivity (Wildman–Crippen MR) is 106 cm³/mol. The zero-order chi connectivity index (χ0) is 20.1. The summed E-state index contributed by atoms with van der Waals surface area (Å²) >= 11 is 0. The average Bonchev–Trinajstić information content (AvgIpc) is 2.95. The number of unbranched alkanes of at least 4 members (excludes halogenated alkanes) is 1. The van der Waals surface area contributed by atoms with Crippen molar-refractivity contribution < 1.29 is 24.0 Å². The van der Waals surface area contributed by atoms with Crippen LogP contribution in [-0.2, 0) is 30.5 Å². The molecule has 5 fully saturated rings. The van der Waals surface area contributed by atoms with Crippen LogP contribution in [0, 0.1) is 23.7 Å². The summed E-state index contributed by atoms with van der Waals surface area (Å²) in [5.74, 6) is -0.146. The van der Waals surface area contributed by atoms with Gasteiger partial charge in [0.25, 0.3) is 0 Å². The van der Waals surface area contributed by atoms with Gasteiger partial charge in [-0.1, -0.05) is 43.7 Å². The molecule has 0 unspecified atom stereocenters. The Hall–Kier alpha value is -1.43. The number of rotatable bonds is 5. The summed E-state index contributed by atoms with van der Waals surface area (Å²) in [6.45, 7) is 4.18. The van der Waals surface area contributed by atoms with E-state index in [9.17, 15) is 4.79 Å². The first-order chi connectivity index (χ1) is 14.0. The lowest BCUT2D eigenvalue weighted by atomic mass is 9.57. The van der Waals surface area contributed by atoms with Crippen LogP contribution >= 0.6 is 0 Å². The van der Waals surface area contributed by atoms with Crippen molar-refractivity contribution in [3.8, 4) is 0 Å². The Labute approximate surface area is 173 Å². The Morgan fingerprint density at radius 1 is 1.03 bits per heavy atom. The van der Waals surface area contributed by atoms with Gasteiger partial charge in [-0.15, -0.1) is 0 Å². The molecule has 1 saturated carbocycles. The van der Waals surface area contributed by atoms with Crippen molar-refractivity contribution >= 4 is 5.97 Å². The number of benzene rings is 1. The van der Waals surface area contributed by atoms with Gasteiger partial charge in [0.15, 0.2) is 5.60 Å². The van der Waals surface area contributed by atoms with E-state index in [1.165, 1.54) is 5.56 Å². The third kappa shape index (κ3) is 3.22. The van der Waals surface area contributed by atoms with Crippen LogP contribution in [0.15, 0.2) is 30.3 Å². The number of carbonyl (C=O) groups excluding carboxylic acids is 1. The molecule has 4 heterocycles. The molecule has 1 aromatic rings. The second-order valence-electron chi connectivity index (χ2n) is 9.68. The number of fused-ring (bicyclic) bond motifs is 2. The maximum Gasteiger partial charge on any atom is 0.311 e. The van der Waals surface area contributed by atoms with Crippen molar-refractivity contribution in [2.75, 3.05) is 0 Å². The normalized spacial score (nSPS) is 43.4. The lowest BCUT2D eigenvalue weighted by Gasteiger charge is -2.58. The minimum atomic E-state index is -0.819. The summed E-state index contributed by atoms with van der Waals surface area (Å²) in [6.07, 6.45) is 7.17. The highest BCUT2D eigenvalue weighted by Gasteiger charge is 2.70. The lowest BCUT2D eigenvalue weighted by Crippen LogP contribution is -2.70. The van der Waals surface area contributed by atoms with Gasteiger partial charge in [-0.2, -0.15) is 0 Å². The second kappa shape index (κ2) is 7.36. The molecule has 0 amide bonds. The maximum atomic E-state index is 13.0. The molecule has 1 spiro atoms. The second-order valence-corrected chi connectivity index (χ2v) is 9.68. The van der Waals surface area contributed by atoms with Crippen LogP contribution in [0.5, 0.6) is 0 Å². The fourth-order valence-corrected chi connectivity index (χ4v) is 6.27. The number of ether oxygens (including phenoxy) is 2. The van der Waals surface area contributed by atoms with Crippen molar-refractivity contribution in [1.29, 1.82) is 0 Å². The average molecular weight is 401 g/mol. The van der Waals surface area contributed by atoms with Gasteiger partial charge in [-0.3, -0.25) is 4.79 Å². The zero-order valence-corrected chi connectivity index (χ0v) is 17.5. The van der Waals surface area contributed by atoms with Gasteiger partial charge >= 0.3 is 5.97 Å². The van der Waals surface area contributed by atoms with Crippen LogP contribution in [0.1, 0.15) is 64.4 Å². The third-order valence-corrected chi connectivity index (χ3v) is 7.86. The van der Waals surface area contributed by atoms with E-state index >= 15 is 0 Å². The van der Waals surface area contributed by atoms with Gasteiger partial charge in [0.1, 0.15) is 0 Å². The van der Waals surface area contributed by atoms with Crippen molar-refractivity contribution in [3.63, 3.8) is 0 Å². The van der Waals surface area contributed by atoms with Crippen LogP contribution < -0.4 is 0 Å². The highest BCUT2D eigenvalue weighted by atomic mass is 17.3. The summed E-state index contributed by atoms with van der Waals surface area (Å²) in [5, 5.41) is 0. The van der Waals surface area contributed by atoms with Gasteiger partial charge in [0.05, 0.1) is 5.92 Å². The standard InChI is InChI=1S/C24H32O5/c1-16-12-13-20-18(11-7-6-10-17-8-4-3-5-9-17)21(25)26-22-24(20)19(16)14-15-23(2,27-22)28-29-24/h3-5,8-9,16,18-20,22H,6-7,10-15H2,1-2H3/t16-,18-,19+,20+,22-,23+,24-/m1/s1. The van der Waals surface area contributed by atoms with Crippen LogP contribution in [-0.4, -0.2) is 23.6 Å². The number of hydrogen-bond donors (Lipinski definition) is 0. The van der Waals surface area contributed by atoms with Crippen molar-refractivity contribution in [2.24, 2.45) is 23.7 Å². The van der Waals surface area contributed by atoms with Crippen molar-refractivity contribution in [2.45, 2.75) is 82.9 Å². The van der Waals surface area contributed by atoms with E-state index in [1.54, 1.807) is 0 Å². The fraction of sp³-hybridized carbons (Fsp3) is 0.708. The summed E-state index contributed by atoms with van der Waals surface area (Å²) < 4.78 is 12.1. The molecule has 0 aromatic heterocycles. The molecule has 0 radical (unpaired) electrons. The number of hydrogen-bond acceptors (Lipinski definition) is 5. The largest absolute Gasteiger partial charge is 0.432 e. The number of carbonyl (C=O) groups is 1.